The van der Waals surface area contributed by atoms with E-state index < -0.39 is 5.82 Å². The first-order chi connectivity index (χ1) is 13.0. The maximum Gasteiger partial charge on any atom is 0.254 e. The number of nitrogens with one attached hydrogen (secondary N) is 1. The van der Waals surface area contributed by atoms with Crippen LogP contribution >= 0.6 is 0 Å². The van der Waals surface area contributed by atoms with Crippen molar-refractivity contribution in [1.29, 1.82) is 0 Å². The van der Waals surface area contributed by atoms with Crippen LogP contribution in [-0.2, 0) is 11.2 Å². The average molecular weight is 370 g/mol. The Morgan fingerprint density at radius 1 is 1.22 bits per heavy atom. The zero-order valence-corrected chi connectivity index (χ0v) is 15.5. The van der Waals surface area contributed by atoms with E-state index in [0.29, 0.717) is 12.1 Å². The monoisotopic (exact) mass is 370 g/mol. The van der Waals surface area contributed by atoms with Crippen molar-refractivity contribution in [2.45, 2.75) is 32.2 Å². The van der Waals surface area contributed by atoms with Gasteiger partial charge in [-0.2, -0.15) is 0 Å². The summed E-state index contributed by atoms with van der Waals surface area (Å²) < 4.78 is 19.0. The molecule has 1 N–H and O–H groups in total. The average Bonchev–Trinajstić information content (AvgIpc) is 3.11. The molecule has 0 radical (unpaired) electrons. The Morgan fingerprint density at radius 3 is 2.63 bits per heavy atom. The summed E-state index contributed by atoms with van der Waals surface area (Å²) in [5.41, 5.74) is 1.54. The van der Waals surface area contributed by atoms with Gasteiger partial charge in [0.15, 0.2) is 0 Å². The minimum atomic E-state index is -0.557. The number of anilines is 1. The zero-order valence-electron chi connectivity index (χ0n) is 15.5. The molecule has 1 atom stereocenters. The van der Waals surface area contributed by atoms with Gasteiger partial charge < -0.3 is 15.0 Å². The second-order valence-corrected chi connectivity index (χ2v) is 6.72. The number of methoxy groups -OCH3 is 1. The van der Waals surface area contributed by atoms with Crippen molar-refractivity contribution in [1.82, 2.24) is 4.90 Å². The van der Waals surface area contributed by atoms with Crippen LogP contribution in [0.15, 0.2) is 42.5 Å². The van der Waals surface area contributed by atoms with Crippen LogP contribution in [0.3, 0.4) is 0 Å². The smallest absolute Gasteiger partial charge is 0.254 e. The van der Waals surface area contributed by atoms with Crippen LogP contribution in [-0.4, -0.2) is 36.4 Å². The summed E-state index contributed by atoms with van der Waals surface area (Å²) in [5.74, 6) is -0.275. The first-order valence-corrected chi connectivity index (χ1v) is 8.99. The van der Waals surface area contributed by atoms with Crippen molar-refractivity contribution in [3.63, 3.8) is 0 Å². The lowest BCUT2D eigenvalue weighted by Gasteiger charge is -2.25. The Hall–Kier alpha value is -2.89. The molecule has 2 amide bonds. The van der Waals surface area contributed by atoms with Crippen LogP contribution in [0.4, 0.5) is 10.1 Å². The Balaban J connectivity index is 1.75. The van der Waals surface area contributed by atoms with Gasteiger partial charge in [-0.15, -0.1) is 0 Å². The first-order valence-electron chi connectivity index (χ1n) is 8.99. The maximum absolute atomic E-state index is 13.8. The number of ether oxygens (including phenoxy) is 1. The maximum atomic E-state index is 13.8. The number of rotatable bonds is 5. The summed E-state index contributed by atoms with van der Waals surface area (Å²) in [6.45, 7) is 1.98. The molecular weight excluding hydrogens is 347 g/mol. The lowest BCUT2D eigenvalue weighted by Crippen LogP contribution is -2.36. The molecule has 0 bridgehead atoms. The Morgan fingerprint density at radius 2 is 1.96 bits per heavy atom. The van der Waals surface area contributed by atoms with Gasteiger partial charge in [-0.3, -0.25) is 9.59 Å². The zero-order chi connectivity index (χ0) is 19.4. The molecule has 0 aliphatic carbocycles. The molecule has 6 heteroatoms. The third-order valence-electron chi connectivity index (χ3n) is 4.79. The molecule has 0 saturated carbocycles. The Kier molecular flexibility index (Phi) is 5.74. The van der Waals surface area contributed by atoms with E-state index in [1.54, 1.807) is 7.11 Å². The molecule has 3 rings (SSSR count). The van der Waals surface area contributed by atoms with Crippen molar-refractivity contribution >= 4 is 17.5 Å². The number of hydrogen-bond acceptors (Lipinski definition) is 3. The molecule has 5 nitrogen and oxygen atoms in total. The molecule has 27 heavy (non-hydrogen) atoms. The number of carbonyl (C=O) groups excluding carboxylic acids is 2. The van der Waals surface area contributed by atoms with Crippen LogP contribution in [0.25, 0.3) is 0 Å². The fourth-order valence-corrected chi connectivity index (χ4v) is 3.46. The largest absolute Gasteiger partial charge is 0.497 e. The summed E-state index contributed by atoms with van der Waals surface area (Å²) in [7, 11) is 1.63. The molecule has 1 heterocycles. The van der Waals surface area contributed by atoms with Gasteiger partial charge in [-0.1, -0.05) is 12.1 Å². The van der Waals surface area contributed by atoms with Gasteiger partial charge in [0.2, 0.25) is 5.91 Å². The van der Waals surface area contributed by atoms with Crippen molar-refractivity contribution in [3.05, 3.63) is 59.4 Å². The van der Waals surface area contributed by atoms with Crippen LogP contribution in [0.5, 0.6) is 5.75 Å². The molecule has 142 valence electrons. The molecule has 1 saturated heterocycles. The normalized spacial score (nSPS) is 16.3. The summed E-state index contributed by atoms with van der Waals surface area (Å²) in [4.78, 5) is 26.0. The van der Waals surface area contributed by atoms with Crippen LogP contribution in [0, 0.1) is 5.82 Å². The number of amides is 2. The number of nitrogens with zero attached hydrogens (tertiary/aromatic N) is 1. The van der Waals surface area contributed by atoms with Crippen molar-refractivity contribution in [2.75, 3.05) is 19.0 Å². The molecule has 0 spiro atoms. The molecule has 0 aromatic heterocycles. The summed E-state index contributed by atoms with van der Waals surface area (Å²) >= 11 is 0. The van der Waals surface area contributed by atoms with Crippen LogP contribution < -0.4 is 10.1 Å². The molecule has 1 aliphatic rings. The van der Waals surface area contributed by atoms with Crippen molar-refractivity contribution < 1.29 is 18.7 Å². The van der Waals surface area contributed by atoms with E-state index in [-0.39, 0.29) is 23.5 Å². The third-order valence-corrected chi connectivity index (χ3v) is 4.79. The predicted octanol–water partition coefficient (Wildman–Crippen LogP) is 3.64. The van der Waals surface area contributed by atoms with Gasteiger partial charge in [-0.25, -0.2) is 4.39 Å². The van der Waals surface area contributed by atoms with E-state index in [1.807, 2.05) is 29.2 Å². The van der Waals surface area contributed by atoms with Gasteiger partial charge in [0.25, 0.3) is 5.91 Å². The molecule has 1 fully saturated rings. The third kappa shape index (κ3) is 4.45. The number of carbonyl (C=O) groups is 2. The first kappa shape index (κ1) is 18.9. The highest BCUT2D eigenvalue weighted by Gasteiger charge is 2.29. The second kappa shape index (κ2) is 8.20. The number of likely N-dealkylation sites (tertiary alicyclic amines) is 1. The highest BCUT2D eigenvalue weighted by atomic mass is 19.1. The lowest BCUT2D eigenvalue weighted by molar-refractivity contribution is -0.114. The van der Waals surface area contributed by atoms with Crippen LogP contribution in [0.1, 0.15) is 35.7 Å². The van der Waals surface area contributed by atoms with E-state index in [1.165, 1.54) is 25.1 Å². The lowest BCUT2D eigenvalue weighted by atomic mass is 10.0. The predicted molar refractivity (Wildman–Crippen MR) is 101 cm³/mol. The van der Waals surface area contributed by atoms with E-state index in [0.717, 1.165) is 30.6 Å². The number of benzene rings is 2. The van der Waals surface area contributed by atoms with Gasteiger partial charge in [0.1, 0.15) is 11.6 Å². The second-order valence-electron chi connectivity index (χ2n) is 6.72. The molecular formula is C21H23FN2O3. The van der Waals surface area contributed by atoms with E-state index >= 15 is 0 Å². The van der Waals surface area contributed by atoms with Gasteiger partial charge in [0.05, 0.1) is 12.8 Å². The van der Waals surface area contributed by atoms with Gasteiger partial charge >= 0.3 is 0 Å². The highest BCUT2D eigenvalue weighted by Crippen LogP contribution is 2.26. The summed E-state index contributed by atoms with van der Waals surface area (Å²) in [6, 6.07) is 12.0. The van der Waals surface area contributed by atoms with Crippen LogP contribution in [0.2, 0.25) is 0 Å². The van der Waals surface area contributed by atoms with Gasteiger partial charge in [-0.05, 0) is 55.2 Å². The quantitative estimate of drug-likeness (QED) is 0.874. The topological polar surface area (TPSA) is 58.6 Å². The molecule has 2 aromatic rings. The number of halogens is 1. The fraction of sp³-hybridized carbons (Fsp3) is 0.333. The van der Waals surface area contributed by atoms with Crippen molar-refractivity contribution in [3.8, 4) is 5.75 Å². The molecule has 0 unspecified atom stereocenters. The standard InChI is InChI=1S/C21H23FN2O3/c1-14(25)23-20-13-16(7-10-19(20)22)21(26)24-11-3-4-17(24)12-15-5-8-18(27-2)9-6-15/h5-10,13,17H,3-4,11-12H2,1-2H3,(H,23,25)/t17-/m0/s1. The van der Waals surface area contributed by atoms with Crippen molar-refractivity contribution in [2.24, 2.45) is 0 Å². The molecule has 2 aromatic carbocycles. The van der Waals surface area contributed by atoms with E-state index in [9.17, 15) is 14.0 Å². The number of hydrogen-bond donors (Lipinski definition) is 1. The minimum Gasteiger partial charge on any atom is -0.497 e. The fourth-order valence-electron chi connectivity index (χ4n) is 3.46. The Labute approximate surface area is 158 Å². The SMILES string of the molecule is COc1ccc(C[C@@H]2CCCN2C(=O)c2ccc(F)c(NC(C)=O)c2)cc1. The summed E-state index contributed by atoms with van der Waals surface area (Å²) in [6.07, 6.45) is 2.62. The Bertz CT molecular complexity index is 836. The van der Waals surface area contributed by atoms with E-state index in [2.05, 4.69) is 5.32 Å². The highest BCUT2D eigenvalue weighted by molar-refractivity contribution is 5.97. The van der Waals surface area contributed by atoms with E-state index in [4.69, 9.17) is 4.74 Å². The van der Waals surface area contributed by atoms with Gasteiger partial charge in [0, 0.05) is 25.1 Å². The summed E-state index contributed by atoms with van der Waals surface area (Å²) in [5, 5.41) is 2.42. The minimum absolute atomic E-state index is 0.0271. The molecule has 1 aliphatic heterocycles.